The van der Waals surface area contributed by atoms with Gasteiger partial charge in [0.15, 0.2) is 12.6 Å². The molecule has 172 valence electrons. The maximum Gasteiger partial charge on any atom is 0.422 e. The zero-order valence-corrected chi connectivity index (χ0v) is 20.2. The Morgan fingerprint density at radius 1 is 1.30 bits per heavy atom. The summed E-state index contributed by atoms with van der Waals surface area (Å²) in [5.74, 6) is 0.876. The minimum Gasteiger partial charge on any atom is -0.468 e. The summed E-state index contributed by atoms with van der Waals surface area (Å²) in [7, 11) is 1.65. The molecule has 1 aliphatic heterocycles. The monoisotopic (exact) mass is 544 g/mol. The van der Waals surface area contributed by atoms with E-state index in [4.69, 9.17) is 9.47 Å². The van der Waals surface area contributed by atoms with Crippen molar-refractivity contribution in [3.8, 4) is 5.88 Å². The van der Waals surface area contributed by atoms with E-state index >= 15 is 0 Å². The van der Waals surface area contributed by atoms with Gasteiger partial charge in [0, 0.05) is 44.4 Å². The first kappa shape index (κ1) is 26.7. The highest BCUT2D eigenvalue weighted by Gasteiger charge is 2.35. The second-order valence-corrected chi connectivity index (χ2v) is 8.24. The van der Waals surface area contributed by atoms with Crippen LogP contribution < -0.4 is 15.4 Å². The minimum atomic E-state index is -4.41. The Bertz CT molecular complexity index is 681. The molecule has 0 spiro atoms. The lowest BCUT2D eigenvalue weighted by Crippen LogP contribution is -2.47. The Labute approximate surface area is 193 Å². The van der Waals surface area contributed by atoms with Gasteiger partial charge in [-0.3, -0.25) is 4.99 Å². The zero-order chi connectivity index (χ0) is 21.5. The Hall–Kier alpha value is -1.30. The molecule has 0 saturated carbocycles. The summed E-state index contributed by atoms with van der Waals surface area (Å²) >= 11 is 0. The number of hydrogen-bond acceptors (Lipinski definition) is 4. The standard InChI is InChI=1S/C20H31F3N4O2.HI/c1-19(2,3)16-14(8-6-10-28-16)11-26-18(24-4)27-12-15-7-5-9-25-17(15)29-13-20(21,22)23;/h5,7,9,14,16H,6,8,10-13H2,1-4H3,(H2,24,26,27);1H. The molecule has 2 heterocycles. The van der Waals surface area contributed by atoms with Crippen molar-refractivity contribution in [2.24, 2.45) is 16.3 Å². The third kappa shape index (κ3) is 8.83. The van der Waals surface area contributed by atoms with Gasteiger partial charge >= 0.3 is 6.18 Å². The largest absolute Gasteiger partial charge is 0.468 e. The van der Waals surface area contributed by atoms with E-state index in [1.165, 1.54) is 6.20 Å². The van der Waals surface area contributed by atoms with Crippen molar-refractivity contribution >= 4 is 29.9 Å². The summed E-state index contributed by atoms with van der Waals surface area (Å²) < 4.78 is 48.1. The molecule has 2 unspecified atom stereocenters. The number of aliphatic imine (C=N–C) groups is 1. The number of rotatable bonds is 6. The lowest BCUT2D eigenvalue weighted by atomic mass is 9.78. The normalized spacial score (nSPS) is 20.3. The van der Waals surface area contributed by atoms with Crippen LogP contribution in [0.15, 0.2) is 23.3 Å². The first-order valence-corrected chi connectivity index (χ1v) is 9.79. The van der Waals surface area contributed by atoms with E-state index in [0.29, 0.717) is 24.0 Å². The number of ether oxygens (including phenoxy) is 2. The van der Waals surface area contributed by atoms with Crippen molar-refractivity contribution in [3.63, 3.8) is 0 Å². The first-order chi connectivity index (χ1) is 13.6. The van der Waals surface area contributed by atoms with Crippen LogP contribution in [0, 0.1) is 11.3 Å². The average molecular weight is 544 g/mol. The fourth-order valence-corrected chi connectivity index (χ4v) is 3.48. The Kier molecular flexibility index (Phi) is 10.6. The van der Waals surface area contributed by atoms with Gasteiger partial charge in [-0.15, -0.1) is 24.0 Å². The van der Waals surface area contributed by atoms with E-state index in [-0.39, 0.29) is 47.9 Å². The van der Waals surface area contributed by atoms with Crippen molar-refractivity contribution in [3.05, 3.63) is 23.9 Å². The van der Waals surface area contributed by atoms with Crippen molar-refractivity contribution in [2.45, 2.75) is 52.4 Å². The molecule has 0 amide bonds. The third-order valence-corrected chi connectivity index (χ3v) is 4.72. The highest BCUT2D eigenvalue weighted by molar-refractivity contribution is 14.0. The molecule has 0 aromatic carbocycles. The molecule has 1 aromatic heterocycles. The van der Waals surface area contributed by atoms with Crippen molar-refractivity contribution in [2.75, 3.05) is 26.8 Å². The minimum absolute atomic E-state index is 0. The van der Waals surface area contributed by atoms with Crippen molar-refractivity contribution < 1.29 is 22.6 Å². The predicted molar refractivity (Wildman–Crippen MR) is 121 cm³/mol. The van der Waals surface area contributed by atoms with Crippen LogP contribution >= 0.6 is 24.0 Å². The molecule has 1 aromatic rings. The van der Waals surface area contributed by atoms with Gasteiger partial charge in [-0.1, -0.05) is 26.8 Å². The maximum absolute atomic E-state index is 12.4. The highest BCUT2D eigenvalue weighted by atomic mass is 127. The number of aromatic nitrogens is 1. The summed E-state index contributed by atoms with van der Waals surface area (Å²) in [6.07, 6.45) is -0.754. The molecule has 1 fully saturated rings. The maximum atomic E-state index is 12.4. The predicted octanol–water partition coefficient (Wildman–Crippen LogP) is 4.15. The van der Waals surface area contributed by atoms with E-state index in [2.05, 4.69) is 41.4 Å². The Morgan fingerprint density at radius 3 is 2.67 bits per heavy atom. The second kappa shape index (κ2) is 11.9. The number of halogens is 4. The van der Waals surface area contributed by atoms with Crippen LogP contribution in [-0.2, 0) is 11.3 Å². The topological polar surface area (TPSA) is 67.8 Å². The van der Waals surface area contributed by atoms with Gasteiger partial charge in [-0.25, -0.2) is 4.98 Å². The van der Waals surface area contributed by atoms with Gasteiger partial charge in [0.05, 0.1) is 6.10 Å². The van der Waals surface area contributed by atoms with E-state index in [1.807, 2.05) is 0 Å². The molecule has 1 saturated heterocycles. The van der Waals surface area contributed by atoms with Gasteiger partial charge in [-0.05, 0) is 24.3 Å². The van der Waals surface area contributed by atoms with Crippen LogP contribution in [-0.4, -0.2) is 50.0 Å². The zero-order valence-electron chi connectivity index (χ0n) is 17.9. The fourth-order valence-electron chi connectivity index (χ4n) is 3.48. The van der Waals surface area contributed by atoms with Crippen LogP contribution in [0.2, 0.25) is 0 Å². The quantitative estimate of drug-likeness (QED) is 0.320. The smallest absolute Gasteiger partial charge is 0.422 e. The van der Waals surface area contributed by atoms with Crippen LogP contribution in [0.5, 0.6) is 5.88 Å². The molecular formula is C20H32F3IN4O2. The van der Waals surface area contributed by atoms with Gasteiger partial charge < -0.3 is 20.1 Å². The number of hydrogen-bond donors (Lipinski definition) is 2. The van der Waals surface area contributed by atoms with Crippen LogP contribution in [0.1, 0.15) is 39.2 Å². The number of guanidine groups is 1. The molecule has 2 atom stereocenters. The Morgan fingerprint density at radius 2 is 2.03 bits per heavy atom. The molecule has 0 bridgehead atoms. The van der Waals surface area contributed by atoms with Gasteiger partial charge in [0.25, 0.3) is 0 Å². The van der Waals surface area contributed by atoms with Crippen LogP contribution in [0.3, 0.4) is 0 Å². The fraction of sp³-hybridized carbons (Fsp3) is 0.700. The summed E-state index contributed by atoms with van der Waals surface area (Å²) in [6.45, 7) is 6.87. The third-order valence-electron chi connectivity index (χ3n) is 4.72. The van der Waals surface area contributed by atoms with Crippen LogP contribution in [0.4, 0.5) is 13.2 Å². The lowest BCUT2D eigenvalue weighted by molar-refractivity contribution is -0.154. The number of nitrogens with one attached hydrogen (secondary N) is 2. The van der Waals surface area contributed by atoms with Gasteiger partial charge in [0.2, 0.25) is 5.88 Å². The molecule has 6 nitrogen and oxygen atoms in total. The molecule has 30 heavy (non-hydrogen) atoms. The van der Waals surface area contributed by atoms with Gasteiger partial charge in [0.1, 0.15) is 0 Å². The summed E-state index contributed by atoms with van der Waals surface area (Å²) in [4.78, 5) is 8.10. The molecule has 2 N–H and O–H groups in total. The molecule has 0 aliphatic carbocycles. The lowest BCUT2D eigenvalue weighted by Gasteiger charge is -2.40. The summed E-state index contributed by atoms with van der Waals surface area (Å²) in [5.41, 5.74) is 0.567. The summed E-state index contributed by atoms with van der Waals surface area (Å²) in [5, 5.41) is 6.42. The number of alkyl halides is 3. The van der Waals surface area contributed by atoms with E-state index < -0.39 is 12.8 Å². The molecule has 1 aliphatic rings. The highest BCUT2D eigenvalue weighted by Crippen LogP contribution is 2.33. The van der Waals surface area contributed by atoms with E-state index in [1.54, 1.807) is 19.2 Å². The van der Waals surface area contributed by atoms with Crippen molar-refractivity contribution in [1.29, 1.82) is 0 Å². The molecule has 0 radical (unpaired) electrons. The van der Waals surface area contributed by atoms with Crippen LogP contribution in [0.25, 0.3) is 0 Å². The van der Waals surface area contributed by atoms with E-state index in [0.717, 1.165) is 19.4 Å². The molecule has 10 heteroatoms. The van der Waals surface area contributed by atoms with E-state index in [9.17, 15) is 13.2 Å². The molecular weight excluding hydrogens is 512 g/mol. The average Bonchev–Trinajstić information content (AvgIpc) is 2.66. The number of nitrogens with zero attached hydrogens (tertiary/aromatic N) is 2. The Balaban J connectivity index is 0.00000450. The molecule has 2 rings (SSSR count). The SMILES string of the molecule is CN=C(NCc1cccnc1OCC(F)(F)F)NCC1CCCOC1C(C)(C)C.I. The number of pyridine rings is 1. The second-order valence-electron chi connectivity index (χ2n) is 8.24. The van der Waals surface area contributed by atoms with Crippen molar-refractivity contribution in [1.82, 2.24) is 15.6 Å². The summed E-state index contributed by atoms with van der Waals surface area (Å²) in [6, 6.07) is 3.32. The first-order valence-electron chi connectivity index (χ1n) is 9.79. The van der Waals surface area contributed by atoms with Gasteiger partial charge in [-0.2, -0.15) is 13.2 Å².